The fourth-order valence-electron chi connectivity index (χ4n) is 0. The third-order valence-corrected chi connectivity index (χ3v) is 0. The molecule has 26 heavy (non-hydrogen) atoms. The summed E-state index contributed by atoms with van der Waals surface area (Å²) in [4.78, 5) is 0. The second kappa shape index (κ2) is 176. The molecule has 0 aliphatic carbocycles. The maximum atomic E-state index is 0. The maximum absolute atomic E-state index is 0. The van der Waals surface area contributed by atoms with E-state index in [0.29, 0.717) is 0 Å². The van der Waals surface area contributed by atoms with E-state index in [0.717, 1.165) is 0 Å². The van der Waals surface area contributed by atoms with Crippen molar-refractivity contribution < 1.29 is 0 Å². The van der Waals surface area contributed by atoms with Crippen molar-refractivity contribution in [2.45, 2.75) is 0 Å². The van der Waals surface area contributed by atoms with Crippen molar-refractivity contribution in [1.82, 2.24) is 0 Å². The molecule has 0 aromatic rings. The van der Waals surface area contributed by atoms with Crippen LogP contribution in [0.4, 0.5) is 0 Å². The second-order valence-corrected chi connectivity index (χ2v) is 0. The SMILES string of the molecule is [Pb].[Pb].[Pb].[Pb].[Pb].[Pb].[Pb].[Pb].[Pb].[Pb].[Pb].[Pb].[Pb].[Pb].[Pb].[Pb].[Pb].[Pb].[Rb].[Rb].[Rb].[Rb].[Rb].[Rb].[Rb].[Rb]. The second-order valence-electron chi connectivity index (χ2n) is 0. The van der Waals surface area contributed by atoms with E-state index in [1.807, 2.05) is 0 Å². The van der Waals surface area contributed by atoms with Gasteiger partial charge in [0, 0.05) is 957 Å². The largest absolute Gasteiger partial charge is 0 e. The minimum absolute atomic E-state index is 0. The van der Waals surface area contributed by atoms with Gasteiger partial charge in [0.05, 0.1) is 0 Å². The monoisotopic (exact) mass is 4420 g/mol. The van der Waals surface area contributed by atoms with Crippen LogP contribution in [0.25, 0.3) is 0 Å². The molecule has 0 bridgehead atoms. The summed E-state index contributed by atoms with van der Waals surface area (Å²) in [7, 11) is 0. The van der Waals surface area contributed by atoms with Gasteiger partial charge in [0.1, 0.15) is 0 Å². The molecule has 0 aromatic carbocycles. The van der Waals surface area contributed by atoms with Crippen LogP contribution in [0.3, 0.4) is 0 Å². The van der Waals surface area contributed by atoms with Crippen LogP contribution < -0.4 is 0 Å². The summed E-state index contributed by atoms with van der Waals surface area (Å²) in [6, 6.07) is 0. The van der Waals surface area contributed by atoms with Crippen molar-refractivity contribution >= 4 is 957 Å². The quantitative estimate of drug-likeness (QED) is 0.212. The first-order valence-electron chi connectivity index (χ1n) is 0. The van der Waals surface area contributed by atoms with E-state index >= 15 is 0 Å². The van der Waals surface area contributed by atoms with E-state index in [9.17, 15) is 0 Å². The summed E-state index contributed by atoms with van der Waals surface area (Å²) in [6.45, 7) is 0. The van der Waals surface area contributed by atoms with Gasteiger partial charge in [-0.25, -0.2) is 0 Å². The molecule has 26 heteroatoms. The zero-order valence-electron chi connectivity index (χ0n) is 17.0. The molecule has 0 aromatic heterocycles. The molecule has 0 unspecified atom stereocenters. The van der Waals surface area contributed by atoms with E-state index in [-0.39, 0.29) is 957 Å². The fraction of sp³-hybridized carbons (Fsp3) is 0. The molecule has 0 N–H and O–H groups in total. The fourth-order valence-corrected chi connectivity index (χ4v) is 0. The maximum Gasteiger partial charge on any atom is 0 e. The Hall–Kier alpha value is 31.0. The molecule has 80 valence electrons. The summed E-state index contributed by atoms with van der Waals surface area (Å²) in [6.07, 6.45) is 0. The number of rotatable bonds is 0. The first-order chi connectivity index (χ1) is 0. The molecule has 0 saturated carbocycles. The Morgan fingerprint density at radius 1 is 0.0769 bits per heavy atom. The average Bonchev–Trinajstić information content (AvgIpc) is 0. The zero-order chi connectivity index (χ0) is 0. The first kappa shape index (κ1) is 186. The summed E-state index contributed by atoms with van der Waals surface area (Å²) in [5.74, 6) is 0. The van der Waals surface area contributed by atoms with Crippen molar-refractivity contribution in [2.75, 3.05) is 0 Å². The Labute approximate surface area is 917 Å². The van der Waals surface area contributed by atoms with Gasteiger partial charge in [-0.1, -0.05) is 0 Å². The van der Waals surface area contributed by atoms with E-state index in [1.165, 1.54) is 0 Å². The van der Waals surface area contributed by atoms with E-state index < -0.39 is 0 Å². The third-order valence-electron chi connectivity index (χ3n) is 0. The summed E-state index contributed by atoms with van der Waals surface area (Å²) >= 11 is 0. The van der Waals surface area contributed by atoms with Crippen LogP contribution in [0.2, 0.25) is 0 Å². The van der Waals surface area contributed by atoms with E-state index in [1.54, 1.807) is 0 Å². The molecule has 0 atom stereocenters. The van der Waals surface area contributed by atoms with E-state index in [2.05, 4.69) is 0 Å². The van der Waals surface area contributed by atoms with Crippen LogP contribution in [0.15, 0.2) is 0 Å². The Kier molecular flexibility index (Phi) is 1260. The molecule has 0 aliphatic rings. The van der Waals surface area contributed by atoms with Crippen molar-refractivity contribution in [2.24, 2.45) is 0 Å². The van der Waals surface area contributed by atoms with Crippen molar-refractivity contribution in [3.8, 4) is 0 Å². The van der Waals surface area contributed by atoms with Crippen molar-refractivity contribution in [1.29, 1.82) is 0 Å². The van der Waals surface area contributed by atoms with Crippen LogP contribution in [-0.2, 0) is 0 Å². The number of hydrogen-bond acceptors (Lipinski definition) is 0. The molecule has 0 nitrogen and oxygen atoms in total. The van der Waals surface area contributed by atoms with Gasteiger partial charge in [-0.3, -0.25) is 0 Å². The standard InChI is InChI=1S/18Pb.8Rb. The Balaban J connectivity index is 0. The Bertz CT molecular complexity index is 23.2. The molecule has 0 spiro atoms. The summed E-state index contributed by atoms with van der Waals surface area (Å²) in [5, 5.41) is 0. The van der Waals surface area contributed by atoms with Crippen molar-refractivity contribution in [3.05, 3.63) is 0 Å². The average molecular weight is 4410 g/mol. The molecule has 0 rings (SSSR count). The predicted octanol–water partition coefficient (Wildman–Crippen LogP) is -9.90. The molecule has 0 amide bonds. The van der Waals surface area contributed by atoms with Crippen LogP contribution >= 0.6 is 0 Å². The van der Waals surface area contributed by atoms with Gasteiger partial charge in [0.2, 0.25) is 0 Å². The molecule has 80 radical (unpaired) electrons. The molecule has 0 aliphatic heterocycles. The summed E-state index contributed by atoms with van der Waals surface area (Å²) < 4.78 is 0. The van der Waals surface area contributed by atoms with Crippen LogP contribution in [0, 0.1) is 0 Å². The Morgan fingerprint density at radius 2 is 0.0769 bits per heavy atom. The third kappa shape index (κ3) is 167. The molecular weight excluding hydrogens is 4410 g/mol. The molecule has 0 fully saturated rings. The van der Waals surface area contributed by atoms with Gasteiger partial charge < -0.3 is 0 Å². The van der Waals surface area contributed by atoms with Gasteiger partial charge in [-0.05, 0) is 0 Å². The minimum Gasteiger partial charge on any atom is 0 e. The zero-order valence-corrected chi connectivity index (χ0v) is 126. The smallest absolute Gasteiger partial charge is 0 e. The van der Waals surface area contributed by atoms with Crippen LogP contribution in [0.1, 0.15) is 0 Å². The normalized spacial score (nSPS) is 0. The van der Waals surface area contributed by atoms with Gasteiger partial charge in [-0.2, -0.15) is 0 Å². The van der Waals surface area contributed by atoms with Crippen LogP contribution in [-0.4, -0.2) is 957 Å². The van der Waals surface area contributed by atoms with Gasteiger partial charge in [0.25, 0.3) is 0 Å². The number of hydrogen-bond donors (Lipinski definition) is 0. The van der Waals surface area contributed by atoms with Gasteiger partial charge in [-0.15, -0.1) is 0 Å². The topological polar surface area (TPSA) is 0 Å². The Morgan fingerprint density at radius 3 is 0.0769 bits per heavy atom. The van der Waals surface area contributed by atoms with E-state index in [4.69, 9.17) is 0 Å². The van der Waals surface area contributed by atoms with Gasteiger partial charge in [0.15, 0.2) is 0 Å². The molecule has 0 heterocycles. The molecular formula is Pb18Rb8. The minimum atomic E-state index is 0. The molecule has 0 saturated heterocycles. The van der Waals surface area contributed by atoms with Crippen LogP contribution in [0.5, 0.6) is 0 Å². The van der Waals surface area contributed by atoms with Crippen molar-refractivity contribution in [3.63, 3.8) is 0 Å². The first-order valence-corrected chi connectivity index (χ1v) is 0. The summed E-state index contributed by atoms with van der Waals surface area (Å²) in [5.41, 5.74) is 0. The van der Waals surface area contributed by atoms with Gasteiger partial charge >= 0.3 is 0 Å². The predicted molar refractivity (Wildman–Crippen MR) is 150 cm³/mol.